The molecular weight excluding hydrogens is 868 g/mol. The molecule has 1 aromatic carbocycles. The number of rotatable bonds is 9. The summed E-state index contributed by atoms with van der Waals surface area (Å²) < 4.78 is 10.7. The molecule has 0 aliphatic carbocycles. The average Bonchev–Trinajstić information content (AvgIpc) is 2.66. The van der Waals surface area contributed by atoms with Crippen molar-refractivity contribution < 1.29 is 38.6 Å². The Morgan fingerprint density at radius 3 is 2.03 bits per heavy atom. The molecule has 0 bridgehead atoms. The van der Waals surface area contributed by atoms with Gasteiger partial charge in [-0.05, 0) is 67.8 Å². The summed E-state index contributed by atoms with van der Waals surface area (Å²) in [7, 11) is 0. The summed E-state index contributed by atoms with van der Waals surface area (Å²) in [5.41, 5.74) is 0.586. The number of aliphatic hydroxyl groups is 1. The molecule has 0 heterocycles. The first-order chi connectivity index (χ1) is 14.4. The van der Waals surface area contributed by atoms with Crippen LogP contribution in [0.2, 0.25) is 0 Å². The molecule has 0 radical (unpaired) electrons. The number of carbonyl (C=O) groups is 5. The van der Waals surface area contributed by atoms with Crippen molar-refractivity contribution >= 4 is 124 Å². The summed E-state index contributed by atoms with van der Waals surface area (Å²) in [6, 6.07) is 0. The molecule has 0 aliphatic rings. The van der Waals surface area contributed by atoms with Gasteiger partial charge in [-0.15, -0.1) is 0 Å². The summed E-state index contributed by atoms with van der Waals surface area (Å²) in [6.45, 7) is 1.21. The summed E-state index contributed by atoms with van der Waals surface area (Å²) in [6.07, 6.45) is -0.913. The molecule has 3 N–H and O–H groups in total. The number of aliphatic hydroxyl groups excluding tert-OH is 1. The van der Waals surface area contributed by atoms with Crippen LogP contribution in [0.4, 0.5) is 5.69 Å². The second kappa shape index (κ2) is 13.4. The number of esters is 2. The largest absolute Gasteiger partial charge is 0.462 e. The Morgan fingerprint density at radius 1 is 0.968 bits per heavy atom. The molecule has 14 heteroatoms. The molecule has 0 fully saturated rings. The van der Waals surface area contributed by atoms with Crippen molar-refractivity contribution in [2.75, 3.05) is 25.1 Å². The van der Waals surface area contributed by atoms with Crippen LogP contribution in [0, 0.1) is 10.7 Å². The number of benzene rings is 1. The van der Waals surface area contributed by atoms with Crippen molar-refractivity contribution in [3.8, 4) is 0 Å². The van der Waals surface area contributed by atoms with Crippen LogP contribution in [0.5, 0.6) is 0 Å². The number of nitrogens with one attached hydrogen (secondary N) is 2. The van der Waals surface area contributed by atoms with E-state index in [2.05, 4.69) is 10.6 Å². The van der Waals surface area contributed by atoms with Crippen molar-refractivity contribution in [2.24, 2.45) is 0 Å². The van der Waals surface area contributed by atoms with E-state index in [0.717, 1.165) is 0 Å². The van der Waals surface area contributed by atoms with Crippen molar-refractivity contribution in [3.05, 3.63) is 21.8 Å². The fourth-order valence-electron chi connectivity index (χ4n) is 2.20. The van der Waals surface area contributed by atoms with Crippen LogP contribution in [0.1, 0.15) is 34.6 Å². The lowest BCUT2D eigenvalue weighted by Crippen LogP contribution is -2.38. The number of hydrogen-bond donors (Lipinski definition) is 3. The zero-order valence-corrected chi connectivity index (χ0v) is 24.6. The van der Waals surface area contributed by atoms with Gasteiger partial charge in [-0.25, -0.2) is 0 Å². The molecule has 1 unspecified atom stereocenters. The van der Waals surface area contributed by atoms with Gasteiger partial charge in [0.05, 0.1) is 30.5 Å². The number of anilines is 1. The van der Waals surface area contributed by atoms with Gasteiger partial charge < -0.3 is 25.2 Å². The molecule has 0 aromatic heterocycles. The molecule has 0 spiro atoms. The first kappa shape index (κ1) is 28.7. The van der Waals surface area contributed by atoms with Crippen LogP contribution in [0.25, 0.3) is 0 Å². The van der Waals surface area contributed by atoms with Gasteiger partial charge in [0.2, 0.25) is 9.70 Å². The predicted molar refractivity (Wildman–Crippen MR) is 143 cm³/mol. The highest BCUT2D eigenvalue weighted by atomic mass is 127. The van der Waals surface area contributed by atoms with Gasteiger partial charge in [0.15, 0.2) is 6.10 Å². The fourth-order valence-corrected chi connectivity index (χ4v) is 8.19. The Morgan fingerprint density at radius 2 is 1.55 bits per heavy atom. The molecule has 31 heavy (non-hydrogen) atoms. The van der Waals surface area contributed by atoms with Crippen LogP contribution in [-0.4, -0.2) is 58.5 Å². The van der Waals surface area contributed by atoms with Gasteiger partial charge in [-0.2, -0.15) is 0 Å². The Kier molecular flexibility index (Phi) is 12.4. The Hall–Kier alpha value is -0.350. The zero-order valence-electron chi connectivity index (χ0n) is 16.0. The normalized spacial score (nSPS) is 11.3. The molecule has 10 nitrogen and oxygen atoms in total. The first-order valence-corrected chi connectivity index (χ1v) is 12.6. The maximum Gasteiger partial charge on any atom is 0.303 e. The molecule has 1 atom stereocenters. The van der Waals surface area contributed by atoms with E-state index in [1.54, 1.807) is 22.6 Å². The summed E-state index contributed by atoms with van der Waals surface area (Å²) in [5, 5.41) is 14.1. The third kappa shape index (κ3) is 8.50. The number of ether oxygens (including phenoxy) is 2. The summed E-state index contributed by atoms with van der Waals surface area (Å²) in [4.78, 5) is 59.2. The number of amides is 2. The number of carbonyl (C=O) groups excluding carboxylic acids is 5. The number of halogens is 4. The SMILES string of the molecule is CC(=O)OCC(CNC(=O)c1c(I)c(NC(=O)CO)c(I)c(C(=O)I)c1I)OC(C)=O. The third-order valence-corrected chi connectivity index (χ3v) is 7.22. The maximum absolute atomic E-state index is 13.0. The highest BCUT2D eigenvalue weighted by Crippen LogP contribution is 2.36. The third-order valence-electron chi connectivity index (χ3n) is 3.44. The lowest BCUT2D eigenvalue weighted by Gasteiger charge is -2.20. The Bertz CT molecular complexity index is 922. The van der Waals surface area contributed by atoms with Crippen molar-refractivity contribution in [1.82, 2.24) is 5.32 Å². The van der Waals surface area contributed by atoms with E-state index in [4.69, 9.17) is 14.6 Å². The lowest BCUT2D eigenvalue weighted by molar-refractivity contribution is -0.155. The highest BCUT2D eigenvalue weighted by Gasteiger charge is 2.28. The van der Waals surface area contributed by atoms with Crippen LogP contribution in [-0.2, 0) is 23.9 Å². The summed E-state index contributed by atoms with van der Waals surface area (Å²) in [5.74, 6) is -2.48. The molecule has 0 saturated heterocycles. The van der Waals surface area contributed by atoms with Crippen LogP contribution in [0.3, 0.4) is 0 Å². The summed E-state index contributed by atoms with van der Waals surface area (Å²) >= 11 is 7.21. The predicted octanol–water partition coefficient (Wildman–Crippen LogP) is 2.23. The monoisotopic (exact) mass is 884 g/mol. The first-order valence-electron chi connectivity index (χ1n) is 8.30. The molecular formula is C17H16I4N2O8. The second-order valence-corrected chi connectivity index (χ2v) is 10.0. The standard InChI is InChI=1S/C17H16I4N2O8/c1-6(25)30-5-8(31-7(2)26)3-22-17(29)11-12(18)10(16(21)28)13(19)15(14(11)20)23-9(27)4-24/h8,24H,3-5H2,1-2H3,(H,22,29)(H,23,27). The molecule has 0 aliphatic heterocycles. The Labute approximate surface area is 231 Å². The topological polar surface area (TPSA) is 148 Å². The van der Waals surface area contributed by atoms with E-state index >= 15 is 0 Å². The quantitative estimate of drug-likeness (QED) is 0.195. The van der Waals surface area contributed by atoms with E-state index in [9.17, 15) is 24.0 Å². The van der Waals surface area contributed by atoms with E-state index in [0.29, 0.717) is 10.7 Å². The van der Waals surface area contributed by atoms with E-state index < -0.39 is 36.5 Å². The van der Waals surface area contributed by atoms with Gasteiger partial charge in [-0.1, -0.05) is 0 Å². The second-order valence-electron chi connectivity index (χ2n) is 5.79. The van der Waals surface area contributed by atoms with E-state index in [1.165, 1.54) is 13.8 Å². The zero-order chi connectivity index (χ0) is 23.9. The van der Waals surface area contributed by atoms with Gasteiger partial charge in [0.1, 0.15) is 13.2 Å². The maximum atomic E-state index is 13.0. The van der Waals surface area contributed by atoms with Crippen LogP contribution >= 0.6 is 90.4 Å². The van der Waals surface area contributed by atoms with E-state index in [-0.39, 0.29) is 33.8 Å². The number of hydrogen-bond acceptors (Lipinski definition) is 8. The van der Waals surface area contributed by atoms with E-state index in [1.807, 2.05) is 67.8 Å². The van der Waals surface area contributed by atoms with Gasteiger partial charge >= 0.3 is 11.9 Å². The molecule has 1 aromatic rings. The highest BCUT2D eigenvalue weighted by molar-refractivity contribution is 14.1. The van der Waals surface area contributed by atoms with Gasteiger partial charge in [-0.3, -0.25) is 24.0 Å². The van der Waals surface area contributed by atoms with Crippen molar-refractivity contribution in [1.29, 1.82) is 0 Å². The molecule has 1 rings (SSSR count). The Balaban J connectivity index is 3.30. The lowest BCUT2D eigenvalue weighted by atomic mass is 10.1. The minimum Gasteiger partial charge on any atom is -0.462 e. The van der Waals surface area contributed by atoms with Crippen molar-refractivity contribution in [3.63, 3.8) is 0 Å². The van der Waals surface area contributed by atoms with Crippen LogP contribution in [0.15, 0.2) is 0 Å². The average molecular weight is 884 g/mol. The molecule has 170 valence electrons. The smallest absolute Gasteiger partial charge is 0.303 e. The molecule has 2 amide bonds. The fraction of sp³-hybridized carbons (Fsp3) is 0.353. The van der Waals surface area contributed by atoms with Crippen molar-refractivity contribution in [2.45, 2.75) is 20.0 Å². The molecule has 0 saturated carbocycles. The minimum absolute atomic E-state index is 0.129. The van der Waals surface area contributed by atoms with Gasteiger partial charge in [0.25, 0.3) is 5.91 Å². The minimum atomic E-state index is -0.913. The van der Waals surface area contributed by atoms with Gasteiger partial charge in [0, 0.05) is 40.0 Å². The van der Waals surface area contributed by atoms with Crippen LogP contribution < -0.4 is 10.6 Å².